The molecule has 0 radical (unpaired) electrons. The largest absolute Gasteiger partial charge is 0.310 e. The van der Waals surface area contributed by atoms with Crippen molar-refractivity contribution < 1.29 is 4.11 Å². The van der Waals surface area contributed by atoms with Gasteiger partial charge in [0.15, 0.2) is 0 Å². The third kappa shape index (κ3) is 5.43. The zero-order valence-corrected chi connectivity index (χ0v) is 31.4. The van der Waals surface area contributed by atoms with Crippen LogP contribution in [0.4, 0.5) is 34.1 Å². The molecule has 0 spiro atoms. The van der Waals surface area contributed by atoms with Crippen LogP contribution in [0.2, 0.25) is 0 Å². The summed E-state index contributed by atoms with van der Waals surface area (Å²) < 4.78 is 26.4. The molecule has 0 saturated carbocycles. The maximum absolute atomic E-state index is 7.98. The molecule has 0 aliphatic rings. The first-order valence-electron chi connectivity index (χ1n) is 20.9. The van der Waals surface area contributed by atoms with E-state index in [0.717, 1.165) is 45.2 Å². The van der Waals surface area contributed by atoms with Gasteiger partial charge in [0, 0.05) is 59.8 Å². The molecule has 3 nitrogen and oxygen atoms in total. The summed E-state index contributed by atoms with van der Waals surface area (Å²) in [5, 5.41) is 7.19. The first kappa shape index (κ1) is 29.9. The van der Waals surface area contributed by atoms with Crippen LogP contribution >= 0.6 is 0 Å². The third-order valence-corrected chi connectivity index (χ3v) is 11.4. The Morgan fingerprint density at radius 1 is 0.386 bits per heavy atom. The zero-order chi connectivity index (χ0) is 40.5. The summed E-state index contributed by atoms with van der Waals surface area (Å²) in [4.78, 5) is 4.55. The molecule has 0 unspecified atom stereocenters. The average Bonchev–Trinajstić information content (AvgIpc) is 3.79. The van der Waals surface area contributed by atoms with Crippen LogP contribution in [0.1, 0.15) is 15.2 Å². The first-order valence-corrected chi connectivity index (χ1v) is 19.4. The number of aromatic nitrogens is 1. The molecule has 2 heterocycles. The van der Waals surface area contributed by atoms with Crippen LogP contribution in [-0.2, 0) is 0 Å². The molecule has 11 aromatic rings. The number of hydrogen-bond acceptors (Lipinski definition) is 2. The fraction of sp³-hybridized carbons (Fsp3) is 0.0370. The van der Waals surface area contributed by atoms with E-state index in [0.29, 0.717) is 5.56 Å². The Labute approximate surface area is 336 Å². The lowest BCUT2D eigenvalue weighted by molar-refractivity contribution is 1.27. The highest BCUT2D eigenvalue weighted by Crippen LogP contribution is 2.47. The summed E-state index contributed by atoms with van der Waals surface area (Å²) in [5.74, 6) is 0. The Hall–Kier alpha value is -7.36. The van der Waals surface area contributed by atoms with Gasteiger partial charge in [0.25, 0.3) is 0 Å². The van der Waals surface area contributed by atoms with Crippen LogP contribution in [0.15, 0.2) is 200 Å². The number of nitrogens with zero attached hydrogens (tertiary/aromatic N) is 3. The van der Waals surface area contributed by atoms with Gasteiger partial charge in [-0.3, -0.25) is 0 Å². The van der Waals surface area contributed by atoms with E-state index in [9.17, 15) is 0 Å². The molecule has 0 bridgehead atoms. The van der Waals surface area contributed by atoms with E-state index < -0.39 is 6.85 Å². The van der Waals surface area contributed by atoms with Crippen molar-refractivity contribution in [3.8, 4) is 11.1 Å². The molecule has 270 valence electrons. The van der Waals surface area contributed by atoms with Gasteiger partial charge >= 0.3 is 0 Å². The van der Waals surface area contributed by atoms with E-state index >= 15 is 0 Å². The third-order valence-electron chi connectivity index (χ3n) is 11.4. The molecule has 0 aliphatic heterocycles. The maximum Gasteiger partial charge on any atom is 0.0627 e. The van der Waals surface area contributed by atoms with Gasteiger partial charge in [-0.05, 0) is 127 Å². The van der Waals surface area contributed by atoms with Crippen LogP contribution in [0.5, 0.6) is 0 Å². The Balaban J connectivity index is 1.19. The minimum Gasteiger partial charge on any atom is -0.310 e. The van der Waals surface area contributed by atoms with Crippen LogP contribution < -0.4 is 9.80 Å². The summed E-state index contributed by atoms with van der Waals surface area (Å²) in [6.07, 6.45) is 0. The van der Waals surface area contributed by atoms with Gasteiger partial charge in [0.1, 0.15) is 0 Å². The highest BCUT2D eigenvalue weighted by Gasteiger charge is 2.23. The van der Waals surface area contributed by atoms with Crippen LogP contribution in [-0.4, -0.2) is 4.40 Å². The Bertz CT molecular complexity index is 3340. The Kier molecular flexibility index (Phi) is 6.90. The molecule has 2 aromatic heterocycles. The van der Waals surface area contributed by atoms with Crippen molar-refractivity contribution in [2.24, 2.45) is 0 Å². The predicted octanol–water partition coefficient (Wildman–Crippen LogP) is 15.2. The molecule has 0 aliphatic carbocycles. The number of para-hydroxylation sites is 2. The average molecular weight is 733 g/mol. The molecule has 0 fully saturated rings. The van der Waals surface area contributed by atoms with Gasteiger partial charge in [-0.25, -0.2) is 0 Å². The van der Waals surface area contributed by atoms with E-state index in [-0.39, 0.29) is 0 Å². The second kappa shape index (κ2) is 13.1. The SMILES string of the molecule is [2H]C([2H])([2H])c1ccc(N(c2ccccc2)c2ccc3c4cc5ccc(N(c6ccccc6)c6ccc(C)cc6)cc5c5c6cc(-c7ccccc7)ccc6n(c3c2)c45)cc1. The highest BCUT2D eigenvalue weighted by molar-refractivity contribution is 6.32. The maximum atomic E-state index is 7.98. The van der Waals surface area contributed by atoms with Crippen molar-refractivity contribution >= 4 is 83.0 Å². The molecule has 3 heteroatoms. The van der Waals surface area contributed by atoms with E-state index in [1.54, 1.807) is 12.1 Å². The number of benzene rings is 9. The van der Waals surface area contributed by atoms with Crippen molar-refractivity contribution in [1.29, 1.82) is 0 Å². The van der Waals surface area contributed by atoms with Gasteiger partial charge in [-0.2, -0.15) is 0 Å². The van der Waals surface area contributed by atoms with Gasteiger partial charge in [0.2, 0.25) is 0 Å². The molecule has 9 aromatic carbocycles. The van der Waals surface area contributed by atoms with Gasteiger partial charge in [0.05, 0.1) is 16.6 Å². The van der Waals surface area contributed by atoms with Gasteiger partial charge in [-0.1, -0.05) is 120 Å². The molecule has 0 N–H and O–H groups in total. The van der Waals surface area contributed by atoms with Crippen molar-refractivity contribution in [1.82, 2.24) is 4.40 Å². The lowest BCUT2D eigenvalue weighted by atomic mass is 9.97. The number of aryl methyl sites for hydroxylation is 2. The topological polar surface area (TPSA) is 10.9 Å². The molecule has 57 heavy (non-hydrogen) atoms. The summed E-state index contributed by atoms with van der Waals surface area (Å²) in [6, 6.07) is 70.3. The van der Waals surface area contributed by atoms with Crippen LogP contribution in [0.3, 0.4) is 0 Å². The Morgan fingerprint density at radius 2 is 0.947 bits per heavy atom. The second-order valence-electron chi connectivity index (χ2n) is 14.9. The Morgan fingerprint density at radius 3 is 1.60 bits per heavy atom. The van der Waals surface area contributed by atoms with E-state index in [1.807, 2.05) is 30.3 Å². The molecule has 0 saturated heterocycles. The van der Waals surface area contributed by atoms with Gasteiger partial charge in [-0.15, -0.1) is 0 Å². The fourth-order valence-corrected chi connectivity index (χ4v) is 8.76. The van der Waals surface area contributed by atoms with Crippen molar-refractivity contribution in [2.75, 3.05) is 9.80 Å². The molecular weight excluding hydrogens is 691 g/mol. The summed E-state index contributed by atoms with van der Waals surface area (Å²) in [6.45, 7) is -0.0525. The van der Waals surface area contributed by atoms with Crippen molar-refractivity contribution in [3.05, 3.63) is 211 Å². The normalized spacial score (nSPS) is 12.7. The minimum atomic E-state index is -2.18. The van der Waals surface area contributed by atoms with Crippen LogP contribution in [0.25, 0.3) is 60.0 Å². The number of fused-ring (bicyclic) bond motifs is 8. The summed E-state index contributed by atoms with van der Waals surface area (Å²) in [7, 11) is 0. The molecule has 0 atom stereocenters. The van der Waals surface area contributed by atoms with E-state index in [4.69, 9.17) is 4.11 Å². The lowest BCUT2D eigenvalue weighted by Gasteiger charge is -2.26. The minimum absolute atomic E-state index is 0.320. The van der Waals surface area contributed by atoms with E-state index in [1.165, 1.54) is 54.5 Å². The highest BCUT2D eigenvalue weighted by atomic mass is 15.1. The summed E-state index contributed by atoms with van der Waals surface area (Å²) >= 11 is 0. The standard InChI is InChI=1S/C54H39N3/c1-36-18-24-43(25-19-36)55(41-14-8-4-9-15-41)45-28-22-40-33-49-47-30-29-46(56(42-16-10-5-11-17-42)44-26-20-37(2)21-27-44)35-52(47)57-51-31-23-39(38-12-6-3-7-13-38)32-50(51)53(54(49)57)48(40)34-45/h3-35H,1-2H3/i2D3. The number of hydrogen-bond donors (Lipinski definition) is 0. The molecule has 11 rings (SSSR count). The summed E-state index contributed by atoms with van der Waals surface area (Å²) in [5.41, 5.74) is 13.5. The number of anilines is 6. The van der Waals surface area contributed by atoms with Gasteiger partial charge < -0.3 is 14.2 Å². The van der Waals surface area contributed by atoms with Crippen molar-refractivity contribution in [3.63, 3.8) is 0 Å². The predicted molar refractivity (Wildman–Crippen MR) is 243 cm³/mol. The fourth-order valence-electron chi connectivity index (χ4n) is 8.76. The molecular formula is C54H39N3. The number of rotatable bonds is 7. The second-order valence-corrected chi connectivity index (χ2v) is 14.9. The van der Waals surface area contributed by atoms with Crippen molar-refractivity contribution in [2.45, 2.75) is 13.8 Å². The monoisotopic (exact) mass is 732 g/mol. The van der Waals surface area contributed by atoms with Crippen LogP contribution in [0, 0.1) is 13.8 Å². The molecule has 0 amide bonds. The zero-order valence-electron chi connectivity index (χ0n) is 34.4. The van der Waals surface area contributed by atoms with E-state index in [2.05, 4.69) is 179 Å². The first-order chi connectivity index (χ1) is 29.3. The lowest BCUT2D eigenvalue weighted by Crippen LogP contribution is -2.09. The smallest absolute Gasteiger partial charge is 0.0627 e. The quantitative estimate of drug-likeness (QED) is 0.162.